The fourth-order valence-corrected chi connectivity index (χ4v) is 10.4. The second kappa shape index (κ2) is 22.4. The lowest BCUT2D eigenvalue weighted by atomic mass is 9.84. The van der Waals surface area contributed by atoms with Gasteiger partial charge in [0.05, 0.1) is 12.3 Å². The molecule has 3 atom stereocenters. The number of aromatic nitrogens is 2. The molecule has 4 N–H and O–H groups in total. The zero-order valence-electron chi connectivity index (χ0n) is 42.7. The van der Waals surface area contributed by atoms with Crippen LogP contribution in [0.4, 0.5) is 5.82 Å². The highest BCUT2D eigenvalue weighted by Gasteiger charge is 2.38. The number of nitrogens with zero attached hydrogens (tertiary/aromatic N) is 6. The fourth-order valence-electron chi connectivity index (χ4n) is 9.67. The number of phenolic OH excluding ortho intramolecular Hbond substituents is 1. The normalized spacial score (nSPS) is 18.0. The molecular weight excluding hydrogens is 919 g/mol. The Bertz CT molecular complexity index is 2810. The number of benzene rings is 3. The van der Waals surface area contributed by atoms with Gasteiger partial charge in [0.15, 0.2) is 5.01 Å². The quantitative estimate of drug-likeness (QED) is 0.0727. The number of hydrazine groups is 1. The van der Waals surface area contributed by atoms with E-state index < -0.39 is 59.1 Å². The molecule has 17 heteroatoms. The number of ether oxygens (including phenoxy) is 1. The second-order valence-corrected chi connectivity index (χ2v) is 21.3. The van der Waals surface area contributed by atoms with Gasteiger partial charge in [-0.3, -0.25) is 29.0 Å². The average Bonchev–Trinajstić information content (AvgIpc) is 3.90. The summed E-state index contributed by atoms with van der Waals surface area (Å²) in [6.45, 7) is 12.4. The number of hydrogen-bond acceptors (Lipinski definition) is 12. The number of carbonyl (C=O) groups is 5. The summed E-state index contributed by atoms with van der Waals surface area (Å²) in [6.07, 6.45) is 4.61. The van der Waals surface area contributed by atoms with Crippen LogP contribution < -0.4 is 16.1 Å². The van der Waals surface area contributed by atoms with Crippen molar-refractivity contribution in [3.05, 3.63) is 99.9 Å². The number of anilines is 1. The summed E-state index contributed by atoms with van der Waals surface area (Å²) in [5.74, 6) is -2.70. The number of carbonyl (C=O) groups excluding carboxylic acids is 5. The van der Waals surface area contributed by atoms with E-state index in [4.69, 9.17) is 4.74 Å². The van der Waals surface area contributed by atoms with Gasteiger partial charge in [-0.2, -0.15) is 0 Å². The molecule has 3 aromatic carbocycles. The van der Waals surface area contributed by atoms with Gasteiger partial charge in [-0.05, 0) is 112 Å². The molecule has 71 heavy (non-hydrogen) atoms. The number of thiazole rings is 1. The molecule has 1 fully saturated rings. The minimum Gasteiger partial charge on any atom is -0.508 e. The highest BCUT2D eigenvalue weighted by molar-refractivity contribution is 7.12. The Labute approximate surface area is 421 Å². The van der Waals surface area contributed by atoms with Gasteiger partial charge in [0.25, 0.3) is 11.8 Å². The van der Waals surface area contributed by atoms with E-state index in [-0.39, 0.29) is 36.1 Å². The number of esters is 1. The lowest BCUT2D eigenvalue weighted by molar-refractivity contribution is -0.155. The summed E-state index contributed by atoms with van der Waals surface area (Å²) < 4.78 is 8.50. The highest BCUT2D eigenvalue weighted by Crippen LogP contribution is 2.42. The van der Waals surface area contributed by atoms with Crippen LogP contribution in [0.25, 0.3) is 33.3 Å². The van der Waals surface area contributed by atoms with Crippen LogP contribution in [0, 0.1) is 11.3 Å². The zero-order chi connectivity index (χ0) is 51.3. The van der Waals surface area contributed by atoms with Crippen molar-refractivity contribution in [1.29, 1.82) is 0 Å². The molecule has 1 saturated heterocycles. The number of rotatable bonds is 13. The smallest absolute Gasteiger partial charge is 0.324 e. The van der Waals surface area contributed by atoms with E-state index in [1.807, 2.05) is 31.1 Å². The van der Waals surface area contributed by atoms with Gasteiger partial charge in [-0.25, -0.2) is 10.4 Å². The Hall–Kier alpha value is -6.40. The number of fused-ring (bicyclic) bond motifs is 6. The molecule has 0 aliphatic carbocycles. The Balaban J connectivity index is 1.26. The standard InChI is InChI=1S/C54H69N9O7S/c1-11-62-44-21-20-35-28-40(44)41(48(62)39-17-13-12-16-36(39)30-60(8)9)29-54(4,5)32-70-53(69)42-18-14-23-63(58-42)51(67)43(26-34-24-37(35)27-38(64)25-34)55-49(66)47(33(2)3)61(10)52(68)50-57-45(31-71-50)56-46(65)19-15-22-59(6)7/h12-13,15-17,19-21,24-25,27-28,31,33,42-43,47,58,64H,11,14,18,22-23,26,29-30,32H2,1-10H3,(H,55,66)(H,56,65)/b19-15+/t42-,43-,47?/m0/s1. The van der Waals surface area contributed by atoms with E-state index in [9.17, 15) is 29.1 Å². The number of phenols is 1. The van der Waals surface area contributed by atoms with Gasteiger partial charge in [0, 0.05) is 73.0 Å². The van der Waals surface area contributed by atoms with Gasteiger partial charge < -0.3 is 39.7 Å². The lowest BCUT2D eigenvalue weighted by Crippen LogP contribution is -2.62. The molecule has 2 aliphatic rings. The van der Waals surface area contributed by atoms with E-state index in [2.05, 4.69) is 102 Å². The molecule has 4 amide bonds. The van der Waals surface area contributed by atoms with Crippen molar-refractivity contribution in [2.45, 2.75) is 91.5 Å². The van der Waals surface area contributed by atoms with Crippen molar-refractivity contribution in [2.75, 3.05) is 60.3 Å². The van der Waals surface area contributed by atoms with Crippen LogP contribution in [0.3, 0.4) is 0 Å². The number of likely N-dealkylation sites (N-methyl/N-ethyl adjacent to an activating group) is 2. The van der Waals surface area contributed by atoms with Crippen molar-refractivity contribution >= 4 is 57.7 Å². The van der Waals surface area contributed by atoms with Crippen LogP contribution >= 0.6 is 11.3 Å². The largest absolute Gasteiger partial charge is 0.508 e. The molecule has 0 spiro atoms. The van der Waals surface area contributed by atoms with Gasteiger partial charge in [0.2, 0.25) is 11.8 Å². The summed E-state index contributed by atoms with van der Waals surface area (Å²) in [5.41, 5.74) is 10.4. The first kappa shape index (κ1) is 52.4. The zero-order valence-corrected chi connectivity index (χ0v) is 43.5. The number of cyclic esters (lactones) is 1. The van der Waals surface area contributed by atoms with Gasteiger partial charge in [-0.15, -0.1) is 11.3 Å². The number of aryl methyl sites for hydroxylation is 1. The molecule has 2 aliphatic heterocycles. The number of amides is 4. The molecule has 0 saturated carbocycles. The Morgan fingerprint density at radius 3 is 2.49 bits per heavy atom. The second-order valence-electron chi connectivity index (χ2n) is 20.4. The topological polar surface area (TPSA) is 182 Å². The third-order valence-electron chi connectivity index (χ3n) is 12.9. The van der Waals surface area contributed by atoms with Crippen LogP contribution in [0.15, 0.2) is 78.2 Å². The maximum Gasteiger partial charge on any atom is 0.324 e. The highest BCUT2D eigenvalue weighted by atomic mass is 32.1. The lowest BCUT2D eigenvalue weighted by Gasteiger charge is -2.36. The first-order valence-electron chi connectivity index (χ1n) is 24.3. The van der Waals surface area contributed by atoms with E-state index in [1.165, 1.54) is 28.6 Å². The predicted octanol–water partition coefficient (Wildman–Crippen LogP) is 6.72. The molecule has 378 valence electrons. The molecule has 6 bridgehead atoms. The molecule has 7 rings (SSSR count). The van der Waals surface area contributed by atoms with Crippen molar-refractivity contribution in [2.24, 2.45) is 11.3 Å². The van der Waals surface area contributed by atoms with Crippen LogP contribution in [0.1, 0.15) is 74.0 Å². The summed E-state index contributed by atoms with van der Waals surface area (Å²) in [4.78, 5) is 79.6. The van der Waals surface area contributed by atoms with E-state index >= 15 is 0 Å². The minimum atomic E-state index is -1.19. The third-order valence-corrected chi connectivity index (χ3v) is 13.8. The minimum absolute atomic E-state index is 0.0109. The fraction of sp³-hybridized carbons (Fsp3) is 0.444. The Kier molecular flexibility index (Phi) is 16.5. The Morgan fingerprint density at radius 1 is 1.01 bits per heavy atom. The van der Waals surface area contributed by atoms with Gasteiger partial charge >= 0.3 is 5.97 Å². The number of hydrogen-bond donors (Lipinski definition) is 4. The number of aromatic hydroxyl groups is 1. The molecule has 1 unspecified atom stereocenters. The molecular formula is C54H69N9O7S. The summed E-state index contributed by atoms with van der Waals surface area (Å²) in [7, 11) is 9.41. The van der Waals surface area contributed by atoms with Crippen molar-refractivity contribution in [1.82, 2.24) is 40.0 Å². The summed E-state index contributed by atoms with van der Waals surface area (Å²) in [6, 6.07) is 17.0. The van der Waals surface area contributed by atoms with Gasteiger partial charge in [-0.1, -0.05) is 70.2 Å². The van der Waals surface area contributed by atoms with E-state index in [0.717, 1.165) is 56.7 Å². The molecule has 16 nitrogen and oxygen atoms in total. The first-order chi connectivity index (χ1) is 33.7. The average molecular weight is 988 g/mol. The molecule has 0 radical (unpaired) electrons. The maximum absolute atomic E-state index is 14.8. The van der Waals surface area contributed by atoms with Gasteiger partial charge in [0.1, 0.15) is 29.7 Å². The monoisotopic (exact) mass is 988 g/mol. The van der Waals surface area contributed by atoms with Crippen molar-refractivity contribution in [3.8, 4) is 28.1 Å². The van der Waals surface area contributed by atoms with E-state index in [0.29, 0.717) is 37.9 Å². The van der Waals surface area contributed by atoms with Crippen LogP contribution in [-0.4, -0.2) is 137 Å². The van der Waals surface area contributed by atoms with Crippen LogP contribution in [-0.2, 0) is 49.8 Å². The molecule has 4 heterocycles. The summed E-state index contributed by atoms with van der Waals surface area (Å²) in [5, 5.41) is 21.1. The number of nitrogens with one attached hydrogen (secondary N) is 3. The van der Waals surface area contributed by atoms with Crippen molar-refractivity contribution in [3.63, 3.8) is 0 Å². The Morgan fingerprint density at radius 2 is 1.77 bits per heavy atom. The van der Waals surface area contributed by atoms with E-state index in [1.54, 1.807) is 37.4 Å². The van der Waals surface area contributed by atoms with Crippen LogP contribution in [0.2, 0.25) is 0 Å². The molecule has 2 aromatic heterocycles. The predicted molar refractivity (Wildman–Crippen MR) is 279 cm³/mol. The maximum atomic E-state index is 14.8. The third kappa shape index (κ3) is 12.4. The van der Waals surface area contributed by atoms with Crippen molar-refractivity contribution < 1.29 is 33.8 Å². The molecule has 5 aromatic rings. The summed E-state index contributed by atoms with van der Waals surface area (Å²) >= 11 is 1.04. The first-order valence-corrected chi connectivity index (χ1v) is 25.2. The SMILES string of the molecule is CCn1c(-c2ccccc2CN(C)C)c2c3cc(ccc31)-c1cc(O)cc(c1)C[C@H](NC(=O)C(C(C)C)N(C)C(=O)c1nc(NC(=O)/C=C/CN(C)C)cs1)C(=O)N1CCC[C@H](N1)C(=O)OCC(C)(C)C2. The van der Waals surface area contributed by atoms with Crippen LogP contribution in [0.5, 0.6) is 5.75 Å².